The minimum Gasteiger partial charge on any atom is -0.486 e. The van der Waals surface area contributed by atoms with Crippen LogP contribution < -0.4 is 15.4 Å². The SMILES string of the molecule is CC(=O)Nc1ccc(OCc2nnc(C(=O)Nc3ccccc3)s2)cc1. The molecule has 3 aromatic rings. The number of anilines is 2. The molecule has 0 fully saturated rings. The van der Waals surface area contributed by atoms with Gasteiger partial charge in [0.2, 0.25) is 10.9 Å². The van der Waals surface area contributed by atoms with E-state index in [1.165, 1.54) is 18.3 Å². The van der Waals surface area contributed by atoms with Gasteiger partial charge in [0, 0.05) is 18.3 Å². The van der Waals surface area contributed by atoms with Crippen molar-refractivity contribution in [1.29, 1.82) is 0 Å². The fourth-order valence-corrected chi connectivity index (χ4v) is 2.74. The maximum absolute atomic E-state index is 12.1. The Bertz CT molecular complexity index is 894. The zero-order valence-corrected chi connectivity index (χ0v) is 14.7. The van der Waals surface area contributed by atoms with Crippen molar-refractivity contribution in [1.82, 2.24) is 10.2 Å². The number of para-hydroxylation sites is 1. The Balaban J connectivity index is 1.55. The zero-order chi connectivity index (χ0) is 18.4. The van der Waals surface area contributed by atoms with Gasteiger partial charge in [0.1, 0.15) is 12.4 Å². The molecule has 0 unspecified atom stereocenters. The summed E-state index contributed by atoms with van der Waals surface area (Å²) in [7, 11) is 0. The zero-order valence-electron chi connectivity index (χ0n) is 13.9. The number of nitrogens with zero attached hydrogens (tertiary/aromatic N) is 2. The standard InChI is InChI=1S/C18H16N4O3S/c1-12(23)19-14-7-9-15(10-8-14)25-11-16-21-22-18(26-16)17(24)20-13-5-3-2-4-6-13/h2-10H,11H2,1H3,(H,19,23)(H,20,24). The van der Waals surface area contributed by atoms with E-state index < -0.39 is 0 Å². The van der Waals surface area contributed by atoms with Crippen LogP contribution >= 0.6 is 11.3 Å². The summed E-state index contributed by atoms with van der Waals surface area (Å²) in [6.45, 7) is 1.65. The quantitative estimate of drug-likeness (QED) is 0.696. The lowest BCUT2D eigenvalue weighted by atomic mass is 10.3. The Morgan fingerprint density at radius 1 is 0.962 bits per heavy atom. The number of benzene rings is 2. The Hall–Kier alpha value is -3.26. The molecule has 26 heavy (non-hydrogen) atoms. The van der Waals surface area contributed by atoms with Crippen molar-refractivity contribution in [3.63, 3.8) is 0 Å². The van der Waals surface area contributed by atoms with Crippen LogP contribution in [0.2, 0.25) is 0 Å². The van der Waals surface area contributed by atoms with Crippen LogP contribution in [0.4, 0.5) is 11.4 Å². The normalized spacial score (nSPS) is 10.2. The first kappa shape index (κ1) is 17.6. The molecule has 2 N–H and O–H groups in total. The number of aromatic nitrogens is 2. The number of hydrogen-bond donors (Lipinski definition) is 2. The predicted molar refractivity (Wildman–Crippen MR) is 99.4 cm³/mol. The smallest absolute Gasteiger partial charge is 0.286 e. The number of nitrogens with one attached hydrogen (secondary N) is 2. The van der Waals surface area contributed by atoms with Gasteiger partial charge in [0.15, 0.2) is 5.01 Å². The third-order valence-corrected chi connectivity index (χ3v) is 4.13. The van der Waals surface area contributed by atoms with Gasteiger partial charge in [0.05, 0.1) is 0 Å². The van der Waals surface area contributed by atoms with E-state index in [-0.39, 0.29) is 23.4 Å². The monoisotopic (exact) mass is 368 g/mol. The Labute approximate surface area is 154 Å². The topological polar surface area (TPSA) is 93.2 Å². The van der Waals surface area contributed by atoms with Crippen LogP contribution in [0.1, 0.15) is 21.7 Å². The number of carbonyl (C=O) groups excluding carboxylic acids is 2. The van der Waals surface area contributed by atoms with Crippen molar-refractivity contribution in [3.05, 3.63) is 64.6 Å². The highest BCUT2D eigenvalue weighted by Gasteiger charge is 2.13. The van der Waals surface area contributed by atoms with E-state index in [0.29, 0.717) is 22.1 Å². The van der Waals surface area contributed by atoms with E-state index >= 15 is 0 Å². The van der Waals surface area contributed by atoms with E-state index in [1.54, 1.807) is 36.4 Å². The number of hydrogen-bond acceptors (Lipinski definition) is 6. The van der Waals surface area contributed by atoms with Crippen LogP contribution in [0.25, 0.3) is 0 Å². The molecule has 2 amide bonds. The molecular weight excluding hydrogens is 352 g/mol. The van der Waals surface area contributed by atoms with E-state index in [0.717, 1.165) is 0 Å². The maximum Gasteiger partial charge on any atom is 0.286 e. The fraction of sp³-hybridized carbons (Fsp3) is 0.111. The summed E-state index contributed by atoms with van der Waals surface area (Å²) in [4.78, 5) is 23.1. The van der Waals surface area contributed by atoms with E-state index in [1.807, 2.05) is 18.2 Å². The second-order valence-electron chi connectivity index (χ2n) is 5.32. The second kappa shape index (κ2) is 8.21. The van der Waals surface area contributed by atoms with Gasteiger partial charge in [0.25, 0.3) is 5.91 Å². The van der Waals surface area contributed by atoms with Gasteiger partial charge < -0.3 is 15.4 Å². The highest BCUT2D eigenvalue weighted by Crippen LogP contribution is 2.19. The summed E-state index contributed by atoms with van der Waals surface area (Å²) < 4.78 is 5.63. The highest BCUT2D eigenvalue weighted by atomic mass is 32.1. The van der Waals surface area contributed by atoms with Crippen molar-refractivity contribution in [2.24, 2.45) is 0 Å². The molecule has 132 valence electrons. The largest absolute Gasteiger partial charge is 0.486 e. The summed E-state index contributed by atoms with van der Waals surface area (Å²) >= 11 is 1.17. The lowest BCUT2D eigenvalue weighted by Gasteiger charge is -2.05. The molecule has 3 rings (SSSR count). The lowest BCUT2D eigenvalue weighted by Crippen LogP contribution is -2.11. The fourth-order valence-electron chi connectivity index (χ4n) is 2.09. The Morgan fingerprint density at radius 3 is 2.35 bits per heavy atom. The molecule has 0 saturated heterocycles. The van der Waals surface area contributed by atoms with Crippen LogP contribution in [0.3, 0.4) is 0 Å². The van der Waals surface area contributed by atoms with Crippen molar-refractivity contribution in [2.45, 2.75) is 13.5 Å². The van der Waals surface area contributed by atoms with Gasteiger partial charge in [-0.25, -0.2) is 0 Å². The van der Waals surface area contributed by atoms with Crippen molar-refractivity contribution < 1.29 is 14.3 Å². The first-order valence-electron chi connectivity index (χ1n) is 7.79. The average molecular weight is 368 g/mol. The molecule has 0 aliphatic heterocycles. The van der Waals surface area contributed by atoms with Crippen LogP contribution in [-0.2, 0) is 11.4 Å². The molecule has 0 spiro atoms. The summed E-state index contributed by atoms with van der Waals surface area (Å²) in [5.74, 6) is 0.193. The van der Waals surface area contributed by atoms with E-state index in [2.05, 4.69) is 20.8 Å². The lowest BCUT2D eigenvalue weighted by molar-refractivity contribution is -0.114. The summed E-state index contributed by atoms with van der Waals surface area (Å²) in [5, 5.41) is 14.2. The van der Waals surface area contributed by atoms with Crippen molar-refractivity contribution in [3.8, 4) is 5.75 Å². The van der Waals surface area contributed by atoms with Gasteiger partial charge in [-0.1, -0.05) is 29.5 Å². The van der Waals surface area contributed by atoms with Crippen LogP contribution in [0, 0.1) is 0 Å². The molecule has 7 nitrogen and oxygen atoms in total. The molecule has 2 aromatic carbocycles. The van der Waals surface area contributed by atoms with Crippen LogP contribution in [-0.4, -0.2) is 22.0 Å². The number of ether oxygens (including phenoxy) is 1. The molecule has 1 aromatic heterocycles. The molecule has 1 heterocycles. The van der Waals surface area contributed by atoms with Crippen LogP contribution in [0.15, 0.2) is 54.6 Å². The van der Waals surface area contributed by atoms with Gasteiger partial charge in [-0.05, 0) is 36.4 Å². The van der Waals surface area contributed by atoms with Crippen LogP contribution in [0.5, 0.6) is 5.75 Å². The number of rotatable bonds is 6. The third-order valence-electron chi connectivity index (χ3n) is 3.23. The minimum absolute atomic E-state index is 0.131. The van der Waals surface area contributed by atoms with Gasteiger partial charge in [-0.2, -0.15) is 0 Å². The minimum atomic E-state index is -0.306. The van der Waals surface area contributed by atoms with E-state index in [9.17, 15) is 9.59 Å². The second-order valence-corrected chi connectivity index (χ2v) is 6.38. The van der Waals surface area contributed by atoms with Gasteiger partial charge in [-0.15, -0.1) is 10.2 Å². The molecule has 0 saturated carbocycles. The number of carbonyl (C=O) groups is 2. The molecule has 8 heteroatoms. The maximum atomic E-state index is 12.1. The average Bonchev–Trinajstić information content (AvgIpc) is 3.11. The van der Waals surface area contributed by atoms with E-state index in [4.69, 9.17) is 4.74 Å². The van der Waals surface area contributed by atoms with Gasteiger partial charge in [-0.3, -0.25) is 9.59 Å². The van der Waals surface area contributed by atoms with Crippen molar-refractivity contribution >= 4 is 34.5 Å². The Kier molecular flexibility index (Phi) is 5.55. The molecule has 0 bridgehead atoms. The summed E-state index contributed by atoms with van der Waals surface area (Å²) in [5.41, 5.74) is 1.39. The summed E-state index contributed by atoms with van der Waals surface area (Å²) in [6.07, 6.45) is 0. The molecule has 0 radical (unpaired) electrons. The Morgan fingerprint density at radius 2 is 1.65 bits per heavy atom. The molecule has 0 aliphatic rings. The number of amides is 2. The summed E-state index contributed by atoms with van der Waals surface area (Å²) in [6, 6.07) is 16.1. The van der Waals surface area contributed by atoms with Crippen molar-refractivity contribution in [2.75, 3.05) is 10.6 Å². The van der Waals surface area contributed by atoms with Gasteiger partial charge >= 0.3 is 0 Å². The predicted octanol–water partition coefficient (Wildman–Crippen LogP) is 3.33. The first-order chi connectivity index (χ1) is 12.6. The molecule has 0 atom stereocenters. The first-order valence-corrected chi connectivity index (χ1v) is 8.61. The third kappa shape index (κ3) is 4.87. The molecular formula is C18H16N4O3S. The highest BCUT2D eigenvalue weighted by molar-refractivity contribution is 7.13. The molecule has 0 aliphatic carbocycles.